The number of nitriles is 1. The van der Waals surface area contributed by atoms with Crippen molar-refractivity contribution in [2.45, 2.75) is 0 Å². The zero-order valence-electron chi connectivity index (χ0n) is 8.24. The molecule has 0 unspecified atom stereocenters. The summed E-state index contributed by atoms with van der Waals surface area (Å²) in [6, 6.07) is 6.23. The van der Waals surface area contributed by atoms with Gasteiger partial charge in [-0.2, -0.15) is 5.26 Å². The highest BCUT2D eigenvalue weighted by atomic mass is 35.5. The molecule has 0 aromatic heterocycles. The number of benzene rings is 1. The summed E-state index contributed by atoms with van der Waals surface area (Å²) >= 11 is 11.5. The molecule has 0 saturated carbocycles. The van der Waals surface area contributed by atoms with Gasteiger partial charge in [0.2, 0.25) is 0 Å². The average Bonchev–Trinajstić information content (AvgIpc) is 2.18. The second kappa shape index (κ2) is 4.88. The van der Waals surface area contributed by atoms with Gasteiger partial charge in [0, 0.05) is 6.26 Å². The van der Waals surface area contributed by atoms with E-state index in [0.717, 1.165) is 6.26 Å². The van der Waals surface area contributed by atoms with E-state index in [2.05, 4.69) is 0 Å². The largest absolute Gasteiger partial charge is 0.223 e. The van der Waals surface area contributed by atoms with Gasteiger partial charge in [0.15, 0.2) is 9.84 Å². The molecule has 0 spiro atoms. The van der Waals surface area contributed by atoms with E-state index in [9.17, 15) is 8.42 Å². The maximum absolute atomic E-state index is 11.2. The first-order chi connectivity index (χ1) is 7.34. The van der Waals surface area contributed by atoms with Gasteiger partial charge in [-0.3, -0.25) is 0 Å². The molecule has 0 bridgehead atoms. The van der Waals surface area contributed by atoms with Gasteiger partial charge in [-0.25, -0.2) is 8.42 Å². The van der Waals surface area contributed by atoms with Crippen LogP contribution in [0, 0.1) is 11.3 Å². The highest BCUT2D eigenvalue weighted by molar-refractivity contribution is 7.95. The Hall–Kier alpha value is -1.02. The summed E-state index contributed by atoms with van der Waals surface area (Å²) in [5, 5.41) is 9.37. The normalized spacial score (nSPS) is 12.2. The minimum atomic E-state index is -3.51. The monoisotopic (exact) mass is 275 g/mol. The molecule has 84 valence electrons. The van der Waals surface area contributed by atoms with E-state index in [1.54, 1.807) is 12.1 Å². The molecule has 16 heavy (non-hydrogen) atoms. The number of nitrogens with zero attached hydrogens (tertiary/aromatic N) is 1. The van der Waals surface area contributed by atoms with E-state index in [0.29, 0.717) is 15.6 Å². The predicted molar refractivity (Wildman–Crippen MR) is 64.9 cm³/mol. The van der Waals surface area contributed by atoms with Crippen LogP contribution in [0.25, 0.3) is 6.08 Å². The van der Waals surface area contributed by atoms with Crippen LogP contribution in [0.4, 0.5) is 0 Å². The van der Waals surface area contributed by atoms with Gasteiger partial charge >= 0.3 is 0 Å². The summed E-state index contributed by atoms with van der Waals surface area (Å²) in [5.41, 5.74) is 0.511. The third kappa shape index (κ3) is 3.24. The van der Waals surface area contributed by atoms with Crippen molar-refractivity contribution >= 4 is 39.1 Å². The zero-order chi connectivity index (χ0) is 12.3. The second-order valence-corrected chi connectivity index (χ2v) is 5.86. The molecule has 0 saturated heterocycles. The lowest BCUT2D eigenvalue weighted by Crippen LogP contribution is -1.98. The third-order valence-corrected chi connectivity index (χ3v) is 3.50. The Bertz CT molecular complexity index is 585. The Morgan fingerprint density at radius 1 is 1.38 bits per heavy atom. The first-order valence-corrected chi connectivity index (χ1v) is 6.76. The van der Waals surface area contributed by atoms with Crippen molar-refractivity contribution in [3.05, 3.63) is 38.7 Å². The summed E-state index contributed by atoms with van der Waals surface area (Å²) in [6.07, 6.45) is 2.22. The minimum absolute atomic E-state index is 0.307. The SMILES string of the molecule is CS(=O)(=O)C(C#N)=Cc1ccc(Cl)c(Cl)c1. The maximum Gasteiger partial charge on any atom is 0.185 e. The number of allylic oxidation sites excluding steroid dienone is 1. The summed E-state index contributed by atoms with van der Waals surface area (Å²) in [5.74, 6) is 0. The smallest absolute Gasteiger partial charge is 0.185 e. The molecule has 0 aliphatic heterocycles. The fourth-order valence-electron chi connectivity index (χ4n) is 0.976. The van der Waals surface area contributed by atoms with Gasteiger partial charge in [0.25, 0.3) is 0 Å². The van der Waals surface area contributed by atoms with Gasteiger partial charge in [0.05, 0.1) is 10.0 Å². The molecular weight excluding hydrogens is 269 g/mol. The predicted octanol–water partition coefficient (Wildman–Crippen LogP) is 2.90. The van der Waals surface area contributed by atoms with Crippen LogP contribution in [-0.2, 0) is 9.84 Å². The van der Waals surface area contributed by atoms with Crippen molar-refractivity contribution in [1.82, 2.24) is 0 Å². The molecule has 0 amide bonds. The fourth-order valence-corrected chi connectivity index (χ4v) is 1.80. The number of hydrogen-bond donors (Lipinski definition) is 0. The number of rotatable bonds is 2. The zero-order valence-corrected chi connectivity index (χ0v) is 10.6. The Morgan fingerprint density at radius 3 is 2.44 bits per heavy atom. The van der Waals surface area contributed by atoms with Crippen LogP contribution >= 0.6 is 23.2 Å². The fraction of sp³-hybridized carbons (Fsp3) is 0.100. The summed E-state index contributed by atoms with van der Waals surface area (Å²) in [4.78, 5) is -0.314. The van der Waals surface area contributed by atoms with Crippen LogP contribution in [0.3, 0.4) is 0 Å². The molecular formula is C10H7Cl2NO2S. The lowest BCUT2D eigenvalue weighted by molar-refractivity contribution is 0.609. The van der Waals surface area contributed by atoms with Gasteiger partial charge < -0.3 is 0 Å². The molecule has 1 aromatic carbocycles. The van der Waals surface area contributed by atoms with Crippen LogP contribution in [0.5, 0.6) is 0 Å². The molecule has 0 aliphatic rings. The van der Waals surface area contributed by atoms with Crippen molar-refractivity contribution in [3.63, 3.8) is 0 Å². The molecule has 6 heteroatoms. The summed E-state index contributed by atoms with van der Waals surface area (Å²) in [6.45, 7) is 0. The van der Waals surface area contributed by atoms with Crippen LogP contribution in [0.15, 0.2) is 23.1 Å². The van der Waals surface area contributed by atoms with Gasteiger partial charge in [-0.05, 0) is 23.8 Å². The summed E-state index contributed by atoms with van der Waals surface area (Å²) in [7, 11) is -3.51. The van der Waals surface area contributed by atoms with Crippen molar-refractivity contribution in [1.29, 1.82) is 5.26 Å². The highest BCUT2D eigenvalue weighted by Crippen LogP contribution is 2.24. The Labute approximate surface area is 104 Å². The number of halogens is 2. The van der Waals surface area contributed by atoms with E-state index in [4.69, 9.17) is 28.5 Å². The Morgan fingerprint density at radius 2 is 2.00 bits per heavy atom. The molecule has 0 aliphatic carbocycles. The van der Waals surface area contributed by atoms with Gasteiger partial charge in [-0.15, -0.1) is 0 Å². The molecule has 0 heterocycles. The lowest BCUT2D eigenvalue weighted by Gasteiger charge is -1.99. The molecule has 1 aromatic rings. The molecule has 0 atom stereocenters. The van der Waals surface area contributed by atoms with E-state index in [1.165, 1.54) is 18.2 Å². The van der Waals surface area contributed by atoms with E-state index in [-0.39, 0.29) is 4.91 Å². The van der Waals surface area contributed by atoms with Crippen LogP contribution in [-0.4, -0.2) is 14.7 Å². The first-order valence-electron chi connectivity index (χ1n) is 4.11. The Kier molecular flexibility index (Phi) is 3.98. The molecule has 0 fully saturated rings. The maximum atomic E-state index is 11.2. The molecule has 0 N–H and O–H groups in total. The average molecular weight is 276 g/mol. The van der Waals surface area contributed by atoms with Gasteiger partial charge in [-0.1, -0.05) is 29.3 Å². The Balaban J connectivity index is 3.27. The van der Waals surface area contributed by atoms with E-state index in [1.807, 2.05) is 0 Å². The minimum Gasteiger partial charge on any atom is -0.223 e. The quantitative estimate of drug-likeness (QED) is 0.780. The second-order valence-electron chi connectivity index (χ2n) is 3.07. The third-order valence-electron chi connectivity index (χ3n) is 1.75. The van der Waals surface area contributed by atoms with Crippen LogP contribution < -0.4 is 0 Å². The van der Waals surface area contributed by atoms with Crippen molar-refractivity contribution < 1.29 is 8.42 Å². The number of hydrogen-bond acceptors (Lipinski definition) is 3. The molecule has 0 radical (unpaired) electrons. The highest BCUT2D eigenvalue weighted by Gasteiger charge is 2.10. The standard InChI is InChI=1S/C10H7Cl2NO2S/c1-16(14,15)8(6-13)4-7-2-3-9(11)10(12)5-7/h2-5H,1H3. The van der Waals surface area contributed by atoms with E-state index >= 15 is 0 Å². The molecule has 3 nitrogen and oxygen atoms in total. The number of sulfone groups is 1. The van der Waals surface area contributed by atoms with Crippen molar-refractivity contribution in [2.75, 3.05) is 6.26 Å². The lowest BCUT2D eigenvalue weighted by atomic mass is 10.2. The van der Waals surface area contributed by atoms with Gasteiger partial charge in [0.1, 0.15) is 11.0 Å². The molecule has 1 rings (SSSR count). The topological polar surface area (TPSA) is 57.9 Å². The first kappa shape index (κ1) is 13.0. The van der Waals surface area contributed by atoms with Crippen LogP contribution in [0.1, 0.15) is 5.56 Å². The van der Waals surface area contributed by atoms with Crippen molar-refractivity contribution in [2.24, 2.45) is 0 Å². The van der Waals surface area contributed by atoms with Crippen molar-refractivity contribution in [3.8, 4) is 6.07 Å². The summed E-state index contributed by atoms with van der Waals surface area (Å²) < 4.78 is 22.3. The van der Waals surface area contributed by atoms with E-state index < -0.39 is 9.84 Å². The van der Waals surface area contributed by atoms with Crippen LogP contribution in [0.2, 0.25) is 10.0 Å².